The lowest BCUT2D eigenvalue weighted by Crippen LogP contribution is -2.31. The number of nitrogens with one attached hydrogen (secondary N) is 1. The van der Waals surface area contributed by atoms with E-state index in [9.17, 15) is 4.39 Å². The van der Waals surface area contributed by atoms with Crippen LogP contribution in [0.25, 0.3) is 0 Å². The summed E-state index contributed by atoms with van der Waals surface area (Å²) >= 11 is 3.17. The lowest BCUT2D eigenvalue weighted by Gasteiger charge is -2.33. The Kier molecular flexibility index (Phi) is 3.87. The highest BCUT2D eigenvalue weighted by Crippen LogP contribution is 2.40. The van der Waals surface area contributed by atoms with Gasteiger partial charge in [0.2, 0.25) is 0 Å². The lowest BCUT2D eigenvalue weighted by atomic mass is 9.74. The monoisotopic (exact) mass is 334 g/mol. The van der Waals surface area contributed by atoms with Crippen LogP contribution < -0.4 is 11.3 Å². The van der Waals surface area contributed by atoms with Crippen LogP contribution >= 0.6 is 15.9 Å². The number of hydrazine groups is 1. The number of hydrogen-bond donors (Lipinski definition) is 2. The van der Waals surface area contributed by atoms with Gasteiger partial charge in [-0.3, -0.25) is 11.3 Å². The van der Waals surface area contributed by atoms with Crippen LogP contribution in [0.3, 0.4) is 0 Å². The summed E-state index contributed by atoms with van der Waals surface area (Å²) in [7, 11) is 0. The molecular weight excluding hydrogens is 319 g/mol. The second-order valence-corrected chi connectivity index (χ2v) is 6.08. The quantitative estimate of drug-likeness (QED) is 0.658. The number of halogens is 2. The molecule has 4 heteroatoms. The van der Waals surface area contributed by atoms with Crippen LogP contribution in [0.1, 0.15) is 35.1 Å². The number of nitrogens with two attached hydrogens (primary N) is 1. The Bertz CT molecular complexity index is 630. The summed E-state index contributed by atoms with van der Waals surface area (Å²) in [6.45, 7) is 0. The second-order valence-electron chi connectivity index (χ2n) is 5.23. The number of fused-ring (bicyclic) bond motifs is 1. The molecule has 0 bridgehead atoms. The van der Waals surface area contributed by atoms with Crippen molar-refractivity contribution >= 4 is 15.9 Å². The molecule has 3 rings (SSSR count). The van der Waals surface area contributed by atoms with Crippen LogP contribution in [0.2, 0.25) is 0 Å². The minimum absolute atomic E-state index is 0.0315. The summed E-state index contributed by atoms with van der Waals surface area (Å²) in [6.07, 6.45) is 1.96. The second kappa shape index (κ2) is 5.64. The van der Waals surface area contributed by atoms with E-state index in [0.29, 0.717) is 10.4 Å². The third-order valence-corrected chi connectivity index (χ3v) is 4.67. The SMILES string of the molecule is NNC(CC1Cc2ccccc21)c1ccc(Br)c(F)c1. The summed E-state index contributed by atoms with van der Waals surface area (Å²) < 4.78 is 14.1. The fourth-order valence-electron chi connectivity index (χ4n) is 2.89. The van der Waals surface area contributed by atoms with E-state index < -0.39 is 0 Å². The van der Waals surface area contributed by atoms with Crippen LogP contribution in [-0.2, 0) is 6.42 Å². The molecular formula is C16H16BrFN2. The number of rotatable bonds is 4. The first-order valence-electron chi connectivity index (χ1n) is 6.68. The fourth-order valence-corrected chi connectivity index (χ4v) is 3.13. The summed E-state index contributed by atoms with van der Waals surface area (Å²) in [5.41, 5.74) is 6.51. The Labute approximate surface area is 126 Å². The fraction of sp³-hybridized carbons (Fsp3) is 0.250. The van der Waals surface area contributed by atoms with E-state index in [1.807, 2.05) is 6.07 Å². The van der Waals surface area contributed by atoms with E-state index in [1.54, 1.807) is 12.1 Å². The lowest BCUT2D eigenvalue weighted by molar-refractivity contribution is 0.433. The molecule has 2 unspecified atom stereocenters. The zero-order valence-corrected chi connectivity index (χ0v) is 12.5. The summed E-state index contributed by atoms with van der Waals surface area (Å²) in [4.78, 5) is 0. The zero-order valence-electron chi connectivity index (χ0n) is 10.9. The molecule has 0 radical (unpaired) electrons. The van der Waals surface area contributed by atoms with Gasteiger partial charge in [-0.2, -0.15) is 0 Å². The Morgan fingerprint density at radius 2 is 2.10 bits per heavy atom. The Morgan fingerprint density at radius 3 is 2.80 bits per heavy atom. The van der Waals surface area contributed by atoms with Gasteiger partial charge in [-0.1, -0.05) is 30.3 Å². The van der Waals surface area contributed by atoms with E-state index in [2.05, 4.69) is 45.6 Å². The van der Waals surface area contributed by atoms with Gasteiger partial charge in [0.15, 0.2) is 0 Å². The smallest absolute Gasteiger partial charge is 0.137 e. The van der Waals surface area contributed by atoms with Crippen LogP contribution in [0.5, 0.6) is 0 Å². The molecule has 0 aliphatic heterocycles. The highest BCUT2D eigenvalue weighted by molar-refractivity contribution is 9.10. The van der Waals surface area contributed by atoms with Crippen LogP contribution in [0, 0.1) is 5.82 Å². The summed E-state index contributed by atoms with van der Waals surface area (Å²) in [5, 5.41) is 0. The van der Waals surface area contributed by atoms with E-state index in [-0.39, 0.29) is 11.9 Å². The van der Waals surface area contributed by atoms with Crippen molar-refractivity contribution in [2.24, 2.45) is 5.84 Å². The van der Waals surface area contributed by atoms with Gasteiger partial charge in [-0.25, -0.2) is 4.39 Å². The molecule has 0 spiro atoms. The van der Waals surface area contributed by atoms with Crippen molar-refractivity contribution in [3.63, 3.8) is 0 Å². The van der Waals surface area contributed by atoms with Crippen molar-refractivity contribution < 1.29 is 4.39 Å². The third-order valence-electron chi connectivity index (χ3n) is 4.03. The molecule has 2 atom stereocenters. The van der Waals surface area contributed by atoms with E-state index in [1.165, 1.54) is 11.1 Å². The first-order chi connectivity index (χ1) is 9.69. The van der Waals surface area contributed by atoms with Gasteiger partial charge in [0.1, 0.15) is 5.82 Å². The Hall–Kier alpha value is -1.23. The number of benzene rings is 2. The maximum absolute atomic E-state index is 13.6. The standard InChI is InChI=1S/C16H16BrFN2/c17-14-6-5-11(8-15(14)18)16(20-19)9-12-7-10-3-1-2-4-13(10)12/h1-6,8,12,16,20H,7,9,19H2. The molecule has 1 aliphatic rings. The van der Waals surface area contributed by atoms with Crippen molar-refractivity contribution in [1.82, 2.24) is 5.43 Å². The molecule has 0 saturated heterocycles. The van der Waals surface area contributed by atoms with Crippen LogP contribution in [0.4, 0.5) is 4.39 Å². The van der Waals surface area contributed by atoms with Gasteiger partial charge >= 0.3 is 0 Å². The van der Waals surface area contributed by atoms with E-state index in [0.717, 1.165) is 18.4 Å². The van der Waals surface area contributed by atoms with Crippen molar-refractivity contribution in [1.29, 1.82) is 0 Å². The van der Waals surface area contributed by atoms with Gasteiger partial charge in [0, 0.05) is 6.04 Å². The highest BCUT2D eigenvalue weighted by atomic mass is 79.9. The normalized spacial score (nSPS) is 18.2. The molecule has 0 amide bonds. The minimum atomic E-state index is -0.253. The van der Waals surface area contributed by atoms with E-state index >= 15 is 0 Å². The minimum Gasteiger partial charge on any atom is -0.271 e. The molecule has 2 aromatic rings. The van der Waals surface area contributed by atoms with Gasteiger partial charge in [0.25, 0.3) is 0 Å². The van der Waals surface area contributed by atoms with E-state index in [4.69, 9.17) is 5.84 Å². The van der Waals surface area contributed by atoms with Crippen molar-refractivity contribution in [3.8, 4) is 0 Å². The summed E-state index contributed by atoms with van der Waals surface area (Å²) in [6, 6.07) is 13.6. The largest absolute Gasteiger partial charge is 0.271 e. The molecule has 1 aliphatic carbocycles. The molecule has 0 aromatic heterocycles. The highest BCUT2D eigenvalue weighted by Gasteiger charge is 2.28. The maximum Gasteiger partial charge on any atom is 0.137 e. The van der Waals surface area contributed by atoms with Gasteiger partial charge < -0.3 is 0 Å². The van der Waals surface area contributed by atoms with Crippen LogP contribution in [-0.4, -0.2) is 0 Å². The molecule has 0 heterocycles. The van der Waals surface area contributed by atoms with Gasteiger partial charge in [0.05, 0.1) is 4.47 Å². The van der Waals surface area contributed by atoms with Gasteiger partial charge in [-0.05, 0) is 63.5 Å². The number of hydrogen-bond acceptors (Lipinski definition) is 2. The first kappa shape index (κ1) is 13.7. The van der Waals surface area contributed by atoms with Crippen molar-refractivity contribution in [3.05, 3.63) is 69.4 Å². The Balaban J connectivity index is 1.77. The molecule has 104 valence electrons. The molecule has 0 fully saturated rings. The van der Waals surface area contributed by atoms with Crippen LogP contribution in [0.15, 0.2) is 46.9 Å². The average Bonchev–Trinajstić information content (AvgIpc) is 2.44. The maximum atomic E-state index is 13.6. The molecule has 20 heavy (non-hydrogen) atoms. The molecule has 3 N–H and O–H groups in total. The van der Waals surface area contributed by atoms with Crippen molar-refractivity contribution in [2.75, 3.05) is 0 Å². The first-order valence-corrected chi connectivity index (χ1v) is 7.47. The third kappa shape index (κ3) is 2.51. The molecule has 0 saturated carbocycles. The molecule has 2 nitrogen and oxygen atoms in total. The summed E-state index contributed by atoms with van der Waals surface area (Å²) in [5.74, 6) is 5.90. The molecule has 2 aromatic carbocycles. The Morgan fingerprint density at radius 1 is 1.30 bits per heavy atom. The zero-order chi connectivity index (χ0) is 14.1. The average molecular weight is 335 g/mol. The van der Waals surface area contributed by atoms with Gasteiger partial charge in [-0.15, -0.1) is 0 Å². The topological polar surface area (TPSA) is 38.0 Å². The predicted octanol–water partition coefficient (Wildman–Crippen LogP) is 3.82. The predicted molar refractivity (Wildman–Crippen MR) is 81.7 cm³/mol. The van der Waals surface area contributed by atoms with Crippen molar-refractivity contribution in [2.45, 2.75) is 24.8 Å².